The summed E-state index contributed by atoms with van der Waals surface area (Å²) in [5.41, 5.74) is 5.31. The van der Waals surface area contributed by atoms with Crippen LogP contribution in [0.1, 0.15) is 47.4 Å². The van der Waals surface area contributed by atoms with Gasteiger partial charge < -0.3 is 19.5 Å². The van der Waals surface area contributed by atoms with Gasteiger partial charge in [0.1, 0.15) is 6.09 Å². The quantitative estimate of drug-likeness (QED) is 0.634. The number of likely N-dealkylation sites (tertiary alicyclic amines) is 1. The third-order valence-electron chi connectivity index (χ3n) is 6.90. The van der Waals surface area contributed by atoms with Crippen molar-refractivity contribution in [2.24, 2.45) is 0 Å². The van der Waals surface area contributed by atoms with Crippen LogP contribution in [0.2, 0.25) is 0 Å². The largest absolute Gasteiger partial charge is 0.530 e. The lowest BCUT2D eigenvalue weighted by Crippen LogP contribution is -2.51. The summed E-state index contributed by atoms with van der Waals surface area (Å²) in [7, 11) is 0. The van der Waals surface area contributed by atoms with E-state index in [2.05, 4.69) is 48.5 Å². The normalized spacial score (nSPS) is 21.1. The molecule has 0 spiro atoms. The zero-order valence-corrected chi connectivity index (χ0v) is 17.8. The smallest absolute Gasteiger partial charge is 0.137 e. The average molecular weight is 415 g/mol. The maximum atomic E-state index is 11.5. The van der Waals surface area contributed by atoms with Crippen LogP contribution in [-0.4, -0.2) is 30.2 Å². The number of hydrogen-bond acceptors (Lipinski definition) is 3. The van der Waals surface area contributed by atoms with Gasteiger partial charge in [-0.2, -0.15) is 0 Å². The highest BCUT2D eigenvalue weighted by molar-refractivity contribution is 5.82. The highest BCUT2D eigenvalue weighted by Crippen LogP contribution is 2.34. The molecule has 0 N–H and O–H groups in total. The Labute approximate surface area is 183 Å². The predicted molar refractivity (Wildman–Crippen MR) is 120 cm³/mol. The maximum absolute atomic E-state index is 11.5. The van der Waals surface area contributed by atoms with Crippen molar-refractivity contribution < 1.29 is 14.6 Å². The molecule has 160 valence electrons. The maximum Gasteiger partial charge on any atom is 0.137 e. The molecule has 1 aliphatic heterocycles. The Morgan fingerprint density at radius 1 is 0.968 bits per heavy atom. The van der Waals surface area contributed by atoms with E-state index in [-0.39, 0.29) is 12.0 Å². The number of carboxylic acid groups (broad SMARTS) is 1. The molecule has 4 heteroatoms. The lowest BCUT2D eigenvalue weighted by molar-refractivity contribution is -0.268. The third-order valence-corrected chi connectivity index (χ3v) is 6.90. The number of fused-ring (bicyclic) bond motifs is 2. The molecule has 31 heavy (non-hydrogen) atoms. The van der Waals surface area contributed by atoms with Crippen LogP contribution >= 0.6 is 0 Å². The van der Waals surface area contributed by atoms with Crippen molar-refractivity contribution >= 4 is 16.9 Å². The summed E-state index contributed by atoms with van der Waals surface area (Å²) in [6.07, 6.45) is 4.30. The standard InChI is InChI=1S/C27H29NO3/c29-27(30)28-14-13-25(24-12-11-21-6-2-4-8-23(21)16-24)26(17-28)31-18-19-9-10-20-5-1-3-7-22(20)15-19/h1,3,5,7,9-12,15-16,25-26H,2,4,6,8,13-14,17-18H2,(H,29,30)/p-1. The van der Waals surface area contributed by atoms with Crippen LogP contribution in [0.3, 0.4) is 0 Å². The van der Waals surface area contributed by atoms with E-state index in [1.54, 1.807) is 0 Å². The molecule has 2 aliphatic rings. The minimum atomic E-state index is -1.11. The van der Waals surface area contributed by atoms with E-state index < -0.39 is 6.09 Å². The van der Waals surface area contributed by atoms with E-state index in [1.807, 2.05) is 12.1 Å². The van der Waals surface area contributed by atoms with Crippen LogP contribution in [0.5, 0.6) is 0 Å². The molecular formula is C27H28NO3-. The molecular weight excluding hydrogens is 386 g/mol. The van der Waals surface area contributed by atoms with Crippen molar-refractivity contribution in [2.75, 3.05) is 13.1 Å². The van der Waals surface area contributed by atoms with Crippen molar-refractivity contribution in [3.63, 3.8) is 0 Å². The van der Waals surface area contributed by atoms with E-state index in [1.165, 1.54) is 51.6 Å². The molecule has 1 fully saturated rings. The molecule has 1 heterocycles. The van der Waals surface area contributed by atoms with E-state index >= 15 is 0 Å². The number of amides is 1. The second kappa shape index (κ2) is 8.72. The number of nitrogens with zero attached hydrogens (tertiary/aromatic N) is 1. The third kappa shape index (κ3) is 4.31. The minimum Gasteiger partial charge on any atom is -0.530 e. The summed E-state index contributed by atoms with van der Waals surface area (Å²) in [6.45, 7) is 1.33. The fraction of sp³-hybridized carbons (Fsp3) is 0.370. The first-order chi connectivity index (χ1) is 15.2. The molecule has 3 aromatic carbocycles. The van der Waals surface area contributed by atoms with E-state index in [4.69, 9.17) is 4.74 Å². The minimum absolute atomic E-state index is 0.181. The molecule has 4 nitrogen and oxygen atoms in total. The molecule has 0 aromatic heterocycles. The highest BCUT2D eigenvalue weighted by Gasteiger charge is 2.32. The number of hydrogen-bond donors (Lipinski definition) is 0. The molecule has 0 radical (unpaired) electrons. The number of piperidine rings is 1. The molecule has 1 aliphatic carbocycles. The number of carbonyl (C=O) groups excluding carboxylic acids is 1. The van der Waals surface area contributed by atoms with E-state index in [9.17, 15) is 9.90 Å². The van der Waals surface area contributed by atoms with E-state index in [0.29, 0.717) is 19.7 Å². The molecule has 1 amide bonds. The summed E-state index contributed by atoms with van der Waals surface area (Å²) >= 11 is 0. The summed E-state index contributed by atoms with van der Waals surface area (Å²) in [5.74, 6) is 0.197. The molecule has 5 rings (SSSR count). The highest BCUT2D eigenvalue weighted by atomic mass is 16.5. The SMILES string of the molecule is O=C([O-])N1CCC(c2ccc3c(c2)CCCC3)C(OCc2ccc3ccccc3c2)C1. The first-order valence-electron chi connectivity index (χ1n) is 11.3. The molecule has 0 saturated carbocycles. The number of ether oxygens (including phenoxy) is 1. The van der Waals surface area contributed by atoms with Crippen molar-refractivity contribution in [1.29, 1.82) is 0 Å². The number of carbonyl (C=O) groups is 1. The van der Waals surface area contributed by atoms with Crippen LogP contribution in [-0.2, 0) is 24.2 Å². The van der Waals surface area contributed by atoms with Gasteiger partial charge >= 0.3 is 0 Å². The fourth-order valence-corrected chi connectivity index (χ4v) is 5.15. The summed E-state index contributed by atoms with van der Waals surface area (Å²) < 4.78 is 6.38. The second-order valence-corrected chi connectivity index (χ2v) is 8.87. The molecule has 2 unspecified atom stereocenters. The first-order valence-corrected chi connectivity index (χ1v) is 11.3. The van der Waals surface area contributed by atoms with Gasteiger partial charge in [-0.25, -0.2) is 0 Å². The van der Waals surface area contributed by atoms with Crippen LogP contribution in [0.25, 0.3) is 10.8 Å². The Morgan fingerprint density at radius 3 is 2.61 bits per heavy atom. The van der Waals surface area contributed by atoms with Gasteiger partial charge in [0.05, 0.1) is 12.7 Å². The Morgan fingerprint density at radius 2 is 1.77 bits per heavy atom. The van der Waals surface area contributed by atoms with E-state index in [0.717, 1.165) is 18.4 Å². The van der Waals surface area contributed by atoms with Gasteiger partial charge in [-0.3, -0.25) is 0 Å². The molecule has 2 atom stereocenters. The topological polar surface area (TPSA) is 52.6 Å². The van der Waals surface area contributed by atoms with Crippen molar-refractivity contribution in [3.8, 4) is 0 Å². The zero-order chi connectivity index (χ0) is 21.2. The van der Waals surface area contributed by atoms with Crippen molar-refractivity contribution in [3.05, 3.63) is 82.9 Å². The fourth-order valence-electron chi connectivity index (χ4n) is 5.15. The van der Waals surface area contributed by atoms with Gasteiger partial charge in [-0.1, -0.05) is 54.6 Å². The zero-order valence-electron chi connectivity index (χ0n) is 17.8. The van der Waals surface area contributed by atoms with Crippen LogP contribution in [0, 0.1) is 0 Å². The average Bonchev–Trinajstić information content (AvgIpc) is 2.82. The van der Waals surface area contributed by atoms with Gasteiger partial charge in [-0.15, -0.1) is 0 Å². The summed E-state index contributed by atoms with van der Waals surface area (Å²) in [6, 6.07) is 21.5. The number of aryl methyl sites for hydroxylation is 2. The molecule has 1 saturated heterocycles. The van der Waals surface area contributed by atoms with Gasteiger partial charge in [0.2, 0.25) is 0 Å². The number of rotatable bonds is 4. The first kappa shape index (κ1) is 20.1. The summed E-state index contributed by atoms with van der Waals surface area (Å²) in [5, 5.41) is 13.9. The summed E-state index contributed by atoms with van der Waals surface area (Å²) in [4.78, 5) is 12.9. The van der Waals surface area contributed by atoms with Crippen LogP contribution in [0.15, 0.2) is 60.7 Å². The second-order valence-electron chi connectivity index (χ2n) is 8.87. The Balaban J connectivity index is 1.37. The Bertz CT molecular complexity index is 1090. The van der Waals surface area contributed by atoms with Crippen LogP contribution < -0.4 is 5.11 Å². The Kier molecular flexibility index (Phi) is 5.65. The lowest BCUT2D eigenvalue weighted by Gasteiger charge is -2.40. The molecule has 3 aromatic rings. The predicted octanol–water partition coefficient (Wildman–Crippen LogP) is 4.44. The molecule has 0 bridgehead atoms. The van der Waals surface area contributed by atoms with Gasteiger partial charge in [-0.05, 0) is 71.2 Å². The van der Waals surface area contributed by atoms with Gasteiger partial charge in [0.15, 0.2) is 0 Å². The monoisotopic (exact) mass is 414 g/mol. The lowest BCUT2D eigenvalue weighted by atomic mass is 9.83. The van der Waals surface area contributed by atoms with Crippen LogP contribution in [0.4, 0.5) is 4.79 Å². The van der Waals surface area contributed by atoms with Crippen molar-refractivity contribution in [2.45, 2.75) is 50.7 Å². The number of benzene rings is 3. The van der Waals surface area contributed by atoms with Crippen molar-refractivity contribution in [1.82, 2.24) is 4.90 Å². The Hall–Kier alpha value is -2.85. The van der Waals surface area contributed by atoms with Gasteiger partial charge in [0.25, 0.3) is 0 Å². The van der Waals surface area contributed by atoms with Gasteiger partial charge in [0, 0.05) is 19.0 Å².